The predicted octanol–water partition coefficient (Wildman–Crippen LogP) is 2.17. The Hall–Kier alpha value is -0.900. The molecular formula is C9H11BrN2O. The van der Waals surface area contributed by atoms with Crippen molar-refractivity contribution in [2.45, 2.75) is 13.8 Å². The number of carbonyl (C=O) groups excluding carboxylic acids is 1. The molecule has 0 N–H and O–H groups in total. The van der Waals surface area contributed by atoms with Gasteiger partial charge in [-0.05, 0) is 41.4 Å². The van der Waals surface area contributed by atoms with Crippen LogP contribution in [0.5, 0.6) is 0 Å². The van der Waals surface area contributed by atoms with Crippen LogP contribution in [-0.2, 0) is 11.8 Å². The normalized spacial score (nSPS) is 11.8. The van der Waals surface area contributed by atoms with Gasteiger partial charge in [0.25, 0.3) is 0 Å². The largest absolute Gasteiger partial charge is 0.295 e. The van der Waals surface area contributed by atoms with Crippen molar-refractivity contribution in [2.75, 3.05) is 0 Å². The topological polar surface area (TPSA) is 34.9 Å². The van der Waals surface area contributed by atoms with Crippen LogP contribution in [0.25, 0.3) is 6.08 Å². The molecule has 0 aliphatic heterocycles. The van der Waals surface area contributed by atoms with E-state index < -0.39 is 0 Å². The first-order chi connectivity index (χ1) is 6.02. The number of hydrogen-bond acceptors (Lipinski definition) is 2. The quantitative estimate of drug-likeness (QED) is 0.746. The van der Waals surface area contributed by atoms with Crippen molar-refractivity contribution in [3.63, 3.8) is 0 Å². The molecule has 70 valence electrons. The second kappa shape index (κ2) is 3.87. The summed E-state index contributed by atoms with van der Waals surface area (Å²) >= 11 is 3.36. The number of carbonyl (C=O) groups is 1. The van der Waals surface area contributed by atoms with Crippen LogP contribution in [0.15, 0.2) is 16.2 Å². The Morgan fingerprint density at radius 3 is 2.62 bits per heavy atom. The van der Waals surface area contributed by atoms with Gasteiger partial charge in [-0.25, -0.2) is 0 Å². The number of allylic oxidation sites excluding steroid dienone is 1. The number of nitrogens with zero attached hydrogens (tertiary/aromatic N) is 2. The summed E-state index contributed by atoms with van der Waals surface area (Å²) in [5.41, 5.74) is 1.64. The summed E-state index contributed by atoms with van der Waals surface area (Å²) in [7, 11) is 1.84. The molecule has 13 heavy (non-hydrogen) atoms. The van der Waals surface area contributed by atoms with E-state index >= 15 is 0 Å². The first kappa shape index (κ1) is 10.2. The Labute approximate surface area is 85.6 Å². The van der Waals surface area contributed by atoms with Gasteiger partial charge in [-0.15, -0.1) is 0 Å². The van der Waals surface area contributed by atoms with E-state index in [-0.39, 0.29) is 5.78 Å². The molecule has 0 bridgehead atoms. The molecule has 3 nitrogen and oxygen atoms in total. The molecule has 0 aliphatic rings. The second-order valence-electron chi connectivity index (χ2n) is 2.88. The fourth-order valence-corrected chi connectivity index (χ4v) is 1.35. The molecule has 0 fully saturated rings. The molecule has 1 heterocycles. The van der Waals surface area contributed by atoms with E-state index in [9.17, 15) is 4.79 Å². The first-order valence-electron chi connectivity index (χ1n) is 3.89. The minimum Gasteiger partial charge on any atom is -0.295 e. The van der Waals surface area contributed by atoms with Crippen molar-refractivity contribution in [2.24, 2.45) is 7.05 Å². The lowest BCUT2D eigenvalue weighted by Crippen LogP contribution is -1.96. The second-order valence-corrected chi connectivity index (χ2v) is 3.74. The average molecular weight is 243 g/mol. The van der Waals surface area contributed by atoms with Gasteiger partial charge >= 0.3 is 0 Å². The van der Waals surface area contributed by atoms with Crippen LogP contribution in [0.1, 0.15) is 19.5 Å². The van der Waals surface area contributed by atoms with Crippen LogP contribution in [0, 0.1) is 0 Å². The minimum absolute atomic E-state index is 0.0769. The van der Waals surface area contributed by atoms with Crippen molar-refractivity contribution < 1.29 is 4.79 Å². The zero-order valence-corrected chi connectivity index (χ0v) is 9.42. The van der Waals surface area contributed by atoms with Gasteiger partial charge in [-0.3, -0.25) is 9.48 Å². The molecule has 1 aromatic heterocycles. The third-order valence-electron chi connectivity index (χ3n) is 1.85. The summed E-state index contributed by atoms with van der Waals surface area (Å²) in [6, 6.07) is 0. The first-order valence-corrected chi connectivity index (χ1v) is 4.68. The van der Waals surface area contributed by atoms with Crippen LogP contribution >= 0.6 is 15.9 Å². The maximum atomic E-state index is 11.0. The minimum atomic E-state index is 0.0769. The zero-order chi connectivity index (χ0) is 10.0. The molecule has 0 atom stereocenters. The van der Waals surface area contributed by atoms with Crippen molar-refractivity contribution in [3.05, 3.63) is 21.9 Å². The summed E-state index contributed by atoms with van der Waals surface area (Å²) < 4.78 is 2.62. The van der Waals surface area contributed by atoms with Gasteiger partial charge < -0.3 is 0 Å². The monoisotopic (exact) mass is 242 g/mol. The highest BCUT2D eigenvalue weighted by Gasteiger charge is 2.04. The van der Waals surface area contributed by atoms with Crippen molar-refractivity contribution in [1.82, 2.24) is 9.78 Å². The smallest absolute Gasteiger partial charge is 0.155 e. The Kier molecular flexibility index (Phi) is 3.03. The van der Waals surface area contributed by atoms with Gasteiger partial charge in [0.1, 0.15) is 0 Å². The lowest BCUT2D eigenvalue weighted by atomic mass is 10.2. The van der Waals surface area contributed by atoms with Gasteiger partial charge in [-0.1, -0.05) is 0 Å². The standard InChI is InChI=1S/C9H11BrN2O/c1-6(7(2)13)4-9-8(10)5-11-12(9)3/h4-5H,1-3H3/b6-4+. The fraction of sp³-hybridized carbons (Fsp3) is 0.333. The highest BCUT2D eigenvalue weighted by atomic mass is 79.9. The van der Waals surface area contributed by atoms with Crippen molar-refractivity contribution in [3.8, 4) is 0 Å². The van der Waals surface area contributed by atoms with E-state index in [4.69, 9.17) is 0 Å². The number of rotatable bonds is 2. The molecule has 0 saturated carbocycles. The third-order valence-corrected chi connectivity index (χ3v) is 2.46. The van der Waals surface area contributed by atoms with Gasteiger partial charge in [0, 0.05) is 7.05 Å². The molecule has 0 aliphatic carbocycles. The predicted molar refractivity (Wildman–Crippen MR) is 55.2 cm³/mol. The Bertz CT molecular complexity index is 346. The molecule has 0 spiro atoms. The summed E-state index contributed by atoms with van der Waals surface area (Å²) in [6.07, 6.45) is 3.53. The Morgan fingerprint density at radius 2 is 2.23 bits per heavy atom. The summed E-state index contributed by atoms with van der Waals surface area (Å²) in [5.74, 6) is 0.0769. The van der Waals surface area contributed by atoms with Gasteiger partial charge in [0.2, 0.25) is 0 Å². The SMILES string of the molecule is CC(=O)/C(C)=C/c1c(Br)cnn1C. The molecule has 4 heteroatoms. The summed E-state index contributed by atoms with van der Waals surface area (Å²) in [5, 5.41) is 4.04. The molecule has 0 radical (unpaired) electrons. The van der Waals surface area contributed by atoms with Gasteiger partial charge in [-0.2, -0.15) is 5.10 Å². The van der Waals surface area contributed by atoms with Crippen LogP contribution in [-0.4, -0.2) is 15.6 Å². The van der Waals surface area contributed by atoms with Crippen LogP contribution < -0.4 is 0 Å². The number of ketones is 1. The number of hydrogen-bond donors (Lipinski definition) is 0. The van der Waals surface area contributed by atoms with E-state index in [1.807, 2.05) is 13.1 Å². The molecule has 1 aromatic rings. The number of halogens is 1. The summed E-state index contributed by atoms with van der Waals surface area (Å²) in [6.45, 7) is 3.35. The zero-order valence-electron chi connectivity index (χ0n) is 7.84. The maximum absolute atomic E-state index is 11.0. The Balaban J connectivity index is 3.10. The van der Waals surface area contributed by atoms with Crippen molar-refractivity contribution in [1.29, 1.82) is 0 Å². The van der Waals surface area contributed by atoms with Crippen LogP contribution in [0.2, 0.25) is 0 Å². The lowest BCUT2D eigenvalue weighted by Gasteiger charge is -1.97. The highest BCUT2D eigenvalue weighted by Crippen LogP contribution is 2.18. The maximum Gasteiger partial charge on any atom is 0.155 e. The average Bonchev–Trinajstić information content (AvgIpc) is 2.35. The van der Waals surface area contributed by atoms with Gasteiger partial charge in [0.15, 0.2) is 5.78 Å². The number of Topliss-reactive ketones (excluding diaryl/α,β-unsaturated/α-hetero) is 1. The Morgan fingerprint density at radius 1 is 1.62 bits per heavy atom. The van der Waals surface area contributed by atoms with E-state index in [1.54, 1.807) is 24.7 Å². The fourth-order valence-electron chi connectivity index (χ4n) is 0.889. The highest BCUT2D eigenvalue weighted by molar-refractivity contribution is 9.10. The van der Waals surface area contributed by atoms with Crippen LogP contribution in [0.4, 0.5) is 0 Å². The van der Waals surface area contributed by atoms with Crippen LogP contribution in [0.3, 0.4) is 0 Å². The van der Waals surface area contributed by atoms with E-state index in [0.717, 1.165) is 15.7 Å². The molecule has 0 amide bonds. The van der Waals surface area contributed by atoms with E-state index in [2.05, 4.69) is 21.0 Å². The van der Waals surface area contributed by atoms with Crippen molar-refractivity contribution >= 4 is 27.8 Å². The number of aromatic nitrogens is 2. The van der Waals surface area contributed by atoms with Gasteiger partial charge in [0.05, 0.1) is 16.4 Å². The van der Waals surface area contributed by atoms with E-state index in [0.29, 0.717) is 0 Å². The molecule has 0 saturated heterocycles. The molecule has 0 unspecified atom stereocenters. The molecule has 1 rings (SSSR count). The lowest BCUT2D eigenvalue weighted by molar-refractivity contribution is -0.113. The summed E-state index contributed by atoms with van der Waals surface area (Å²) in [4.78, 5) is 11.0. The third kappa shape index (κ3) is 2.28. The molecular weight excluding hydrogens is 232 g/mol. The van der Waals surface area contributed by atoms with E-state index in [1.165, 1.54) is 0 Å². The number of aryl methyl sites for hydroxylation is 1. The molecule has 0 aromatic carbocycles.